The largest absolute Gasteiger partial charge is 0.481 e. The van der Waals surface area contributed by atoms with E-state index in [1.807, 2.05) is 25.1 Å². The minimum Gasteiger partial charge on any atom is -0.481 e. The van der Waals surface area contributed by atoms with Gasteiger partial charge in [0.1, 0.15) is 6.10 Å². The molecule has 0 saturated carbocycles. The van der Waals surface area contributed by atoms with Crippen LogP contribution in [-0.4, -0.2) is 42.3 Å². The molecule has 0 spiro atoms. The molecule has 0 bridgehead atoms. The van der Waals surface area contributed by atoms with E-state index in [2.05, 4.69) is 22.8 Å². The number of carboxylic acids is 1. The lowest BCUT2D eigenvalue weighted by atomic mass is 9.85. The van der Waals surface area contributed by atoms with Crippen LogP contribution < -0.4 is 10.7 Å². The number of amides is 2. The zero-order valence-electron chi connectivity index (χ0n) is 16.3. The molecule has 154 valence electrons. The van der Waals surface area contributed by atoms with Crippen molar-refractivity contribution < 1.29 is 24.2 Å². The van der Waals surface area contributed by atoms with E-state index < -0.39 is 12.0 Å². The van der Waals surface area contributed by atoms with Crippen LogP contribution in [-0.2, 0) is 14.3 Å². The van der Waals surface area contributed by atoms with Crippen LogP contribution in [0.3, 0.4) is 0 Å². The predicted molar refractivity (Wildman–Crippen MR) is 106 cm³/mol. The molecule has 1 fully saturated rings. The van der Waals surface area contributed by atoms with E-state index in [4.69, 9.17) is 14.6 Å². The van der Waals surface area contributed by atoms with E-state index in [9.17, 15) is 9.59 Å². The monoisotopic (exact) mass is 391 g/mol. The number of nitrogens with one attached hydrogen (secondary N) is 2. The van der Waals surface area contributed by atoms with E-state index in [-0.39, 0.29) is 30.7 Å². The van der Waals surface area contributed by atoms with Crippen molar-refractivity contribution >= 4 is 23.9 Å². The van der Waals surface area contributed by atoms with Crippen molar-refractivity contribution in [3.63, 3.8) is 0 Å². The zero-order valence-corrected chi connectivity index (χ0v) is 16.3. The number of unbranched alkanes of at least 4 members (excludes halogenated alkanes) is 1. The highest BCUT2D eigenvalue weighted by Crippen LogP contribution is 2.28. The van der Waals surface area contributed by atoms with Crippen LogP contribution in [0.5, 0.6) is 0 Å². The van der Waals surface area contributed by atoms with E-state index in [0.717, 1.165) is 12.8 Å². The Labute approximate surface area is 165 Å². The first kappa shape index (κ1) is 21.8. The summed E-state index contributed by atoms with van der Waals surface area (Å²) < 4.78 is 11.4. The third-order valence-electron chi connectivity index (χ3n) is 4.74. The molecular formula is C20H29N3O5. The Morgan fingerprint density at radius 1 is 1.32 bits per heavy atom. The van der Waals surface area contributed by atoms with Crippen LogP contribution in [0, 0.1) is 11.8 Å². The standard InChI is InChI=1S/C20H29N3O5/c1-14(8-6-7-11-19(24)25)17-13-27-15(2)28-18(17)12-21-23-20(26)22-16-9-4-3-5-10-16/h3-5,9-10,12,14-15,17-18H,6-8,11,13H2,1-2H3,(H,24,25)(H2,22,23,26). The Balaban J connectivity index is 1.83. The third-order valence-corrected chi connectivity index (χ3v) is 4.74. The fourth-order valence-electron chi connectivity index (χ4n) is 3.14. The van der Waals surface area contributed by atoms with Crippen molar-refractivity contribution in [1.29, 1.82) is 0 Å². The van der Waals surface area contributed by atoms with E-state index in [1.165, 1.54) is 0 Å². The summed E-state index contributed by atoms with van der Waals surface area (Å²) in [6.07, 6.45) is 3.53. The second-order valence-electron chi connectivity index (χ2n) is 6.99. The molecule has 0 aromatic heterocycles. The third kappa shape index (κ3) is 7.66. The second kappa shape index (κ2) is 11.4. The number of carboxylic acid groups (broad SMARTS) is 1. The van der Waals surface area contributed by atoms with Crippen molar-refractivity contribution in [2.24, 2.45) is 16.9 Å². The number of aliphatic carboxylic acids is 1. The average molecular weight is 391 g/mol. The van der Waals surface area contributed by atoms with Gasteiger partial charge in [0.05, 0.1) is 12.8 Å². The molecule has 0 aliphatic carbocycles. The van der Waals surface area contributed by atoms with Crippen LogP contribution in [0.15, 0.2) is 35.4 Å². The van der Waals surface area contributed by atoms with Crippen molar-refractivity contribution in [2.75, 3.05) is 11.9 Å². The van der Waals surface area contributed by atoms with Gasteiger partial charge in [0.25, 0.3) is 0 Å². The molecule has 1 aromatic carbocycles. The number of ether oxygens (including phenoxy) is 2. The van der Waals surface area contributed by atoms with Crippen molar-refractivity contribution in [1.82, 2.24) is 5.43 Å². The number of carbonyl (C=O) groups is 2. The van der Waals surface area contributed by atoms with Crippen LogP contribution in [0.25, 0.3) is 0 Å². The normalized spacial score (nSPS) is 23.3. The molecule has 1 aromatic rings. The van der Waals surface area contributed by atoms with Gasteiger partial charge in [-0.3, -0.25) is 4.79 Å². The number of benzene rings is 1. The van der Waals surface area contributed by atoms with Crippen LogP contribution >= 0.6 is 0 Å². The highest BCUT2D eigenvalue weighted by Gasteiger charge is 2.32. The molecule has 4 atom stereocenters. The van der Waals surface area contributed by atoms with Crippen molar-refractivity contribution in [3.8, 4) is 0 Å². The summed E-state index contributed by atoms with van der Waals surface area (Å²) >= 11 is 0. The zero-order chi connectivity index (χ0) is 20.4. The number of para-hydroxylation sites is 1. The first-order valence-corrected chi connectivity index (χ1v) is 9.59. The van der Waals surface area contributed by atoms with Gasteiger partial charge in [0.2, 0.25) is 0 Å². The SMILES string of the molecule is CC1OCC(C(C)CCCCC(=O)O)C(C=NNC(=O)Nc2ccccc2)O1. The maximum Gasteiger partial charge on any atom is 0.339 e. The summed E-state index contributed by atoms with van der Waals surface area (Å²) in [6.45, 7) is 4.46. The van der Waals surface area contributed by atoms with Gasteiger partial charge in [-0.1, -0.05) is 38.0 Å². The van der Waals surface area contributed by atoms with Crippen molar-refractivity contribution in [3.05, 3.63) is 30.3 Å². The lowest BCUT2D eigenvalue weighted by Gasteiger charge is -2.36. The highest BCUT2D eigenvalue weighted by atomic mass is 16.7. The number of nitrogens with zero attached hydrogens (tertiary/aromatic N) is 1. The summed E-state index contributed by atoms with van der Waals surface area (Å²) in [4.78, 5) is 22.5. The number of hydrogen-bond acceptors (Lipinski definition) is 5. The molecule has 2 amide bonds. The Kier molecular flexibility index (Phi) is 8.90. The maximum atomic E-state index is 11.9. The minimum absolute atomic E-state index is 0.0868. The van der Waals surface area contributed by atoms with Gasteiger partial charge < -0.3 is 19.9 Å². The Bertz CT molecular complexity index is 653. The van der Waals surface area contributed by atoms with Crippen LogP contribution in [0.2, 0.25) is 0 Å². The molecule has 8 heteroatoms. The number of urea groups is 1. The number of hydrogen-bond donors (Lipinski definition) is 3. The molecule has 1 heterocycles. The summed E-state index contributed by atoms with van der Waals surface area (Å²) in [5.41, 5.74) is 3.13. The fourth-order valence-corrected chi connectivity index (χ4v) is 3.14. The van der Waals surface area contributed by atoms with Gasteiger partial charge in [-0.2, -0.15) is 5.10 Å². The average Bonchev–Trinajstić information content (AvgIpc) is 2.66. The van der Waals surface area contributed by atoms with Gasteiger partial charge >= 0.3 is 12.0 Å². The Morgan fingerprint density at radius 3 is 2.79 bits per heavy atom. The molecule has 2 rings (SSSR count). The topological polar surface area (TPSA) is 109 Å². The fraction of sp³-hybridized carbons (Fsp3) is 0.550. The first-order valence-electron chi connectivity index (χ1n) is 9.59. The minimum atomic E-state index is -0.768. The molecule has 28 heavy (non-hydrogen) atoms. The van der Waals surface area contributed by atoms with Gasteiger partial charge in [-0.05, 0) is 31.4 Å². The molecule has 1 aliphatic heterocycles. The van der Waals surface area contributed by atoms with E-state index >= 15 is 0 Å². The smallest absolute Gasteiger partial charge is 0.339 e. The summed E-state index contributed by atoms with van der Waals surface area (Å²) in [5.74, 6) is -0.407. The first-order chi connectivity index (χ1) is 13.5. The number of carbonyl (C=O) groups excluding carboxylic acids is 1. The van der Waals surface area contributed by atoms with E-state index in [0.29, 0.717) is 18.7 Å². The lowest BCUT2D eigenvalue weighted by molar-refractivity contribution is -0.215. The Morgan fingerprint density at radius 2 is 2.07 bits per heavy atom. The predicted octanol–water partition coefficient (Wildman–Crippen LogP) is 3.45. The molecule has 8 nitrogen and oxygen atoms in total. The Hall–Kier alpha value is -2.45. The molecule has 3 N–H and O–H groups in total. The molecule has 0 radical (unpaired) electrons. The van der Waals surface area contributed by atoms with Gasteiger partial charge in [-0.25, -0.2) is 10.2 Å². The molecule has 4 unspecified atom stereocenters. The summed E-state index contributed by atoms with van der Waals surface area (Å²) in [7, 11) is 0. The molecule has 1 saturated heterocycles. The lowest BCUT2D eigenvalue weighted by Crippen LogP contribution is -2.43. The van der Waals surface area contributed by atoms with Crippen LogP contribution in [0.1, 0.15) is 39.5 Å². The van der Waals surface area contributed by atoms with Gasteiger partial charge in [-0.15, -0.1) is 0 Å². The number of hydrazone groups is 1. The van der Waals surface area contributed by atoms with Crippen LogP contribution in [0.4, 0.5) is 10.5 Å². The molecule has 1 aliphatic rings. The van der Waals surface area contributed by atoms with Crippen molar-refractivity contribution in [2.45, 2.75) is 51.9 Å². The number of anilines is 1. The molecular weight excluding hydrogens is 362 g/mol. The van der Waals surface area contributed by atoms with Gasteiger partial charge in [0, 0.05) is 18.0 Å². The summed E-state index contributed by atoms with van der Waals surface area (Å²) in [5, 5.41) is 15.5. The van der Waals surface area contributed by atoms with Gasteiger partial charge in [0.15, 0.2) is 6.29 Å². The summed E-state index contributed by atoms with van der Waals surface area (Å²) in [6, 6.07) is 8.68. The quantitative estimate of drug-likeness (QED) is 0.339. The second-order valence-corrected chi connectivity index (χ2v) is 6.99. The highest BCUT2D eigenvalue weighted by molar-refractivity contribution is 5.89. The van der Waals surface area contributed by atoms with E-state index in [1.54, 1.807) is 18.3 Å². The number of rotatable bonds is 9. The maximum absolute atomic E-state index is 11.9.